The van der Waals surface area contributed by atoms with Gasteiger partial charge in [-0.1, -0.05) is 58.8 Å². The summed E-state index contributed by atoms with van der Waals surface area (Å²) in [6.07, 6.45) is 7.29. The molecule has 0 saturated carbocycles. The van der Waals surface area contributed by atoms with E-state index in [9.17, 15) is 5.11 Å². The van der Waals surface area contributed by atoms with Gasteiger partial charge in [-0.2, -0.15) is 0 Å². The Balaban J connectivity index is 4.96. The van der Waals surface area contributed by atoms with Gasteiger partial charge in [-0.3, -0.25) is 0 Å². The zero-order valence-electron chi connectivity index (χ0n) is 16.7. The van der Waals surface area contributed by atoms with E-state index in [1.165, 1.54) is 0 Å². The number of ether oxygens (including phenoxy) is 2. The number of aliphatic hydroxyl groups excluding tert-OH is 1. The number of unbranched alkanes of at least 4 members (excludes halogenated alkanes) is 1. The highest BCUT2D eigenvalue weighted by atomic mass is 28.4. The van der Waals surface area contributed by atoms with Gasteiger partial charge in [0.15, 0.2) is 8.32 Å². The Morgan fingerprint density at radius 1 is 1.21 bits per heavy atom. The first-order chi connectivity index (χ1) is 11.1. The zero-order chi connectivity index (χ0) is 18.8. The van der Waals surface area contributed by atoms with Crippen LogP contribution in [0.4, 0.5) is 0 Å². The summed E-state index contributed by atoms with van der Waals surface area (Å²) in [6.45, 7) is 17.2. The molecule has 0 aliphatic heterocycles. The number of aliphatic hydroxyl groups is 1. The first-order valence-electron chi connectivity index (χ1n) is 8.86. The summed E-state index contributed by atoms with van der Waals surface area (Å²) in [7, 11) is -0.299. The maximum absolute atomic E-state index is 10.3. The summed E-state index contributed by atoms with van der Waals surface area (Å²) < 4.78 is 16.8. The van der Waals surface area contributed by atoms with E-state index in [0.717, 1.165) is 19.3 Å². The minimum Gasteiger partial charge on any atom is -0.411 e. The van der Waals surface area contributed by atoms with Crippen molar-refractivity contribution in [1.82, 2.24) is 0 Å². The molecule has 5 heteroatoms. The maximum Gasteiger partial charge on any atom is 0.192 e. The lowest BCUT2D eigenvalue weighted by Gasteiger charge is -2.38. The number of hydrogen-bond acceptors (Lipinski definition) is 4. The van der Waals surface area contributed by atoms with Crippen molar-refractivity contribution >= 4 is 8.32 Å². The molecular weight excluding hydrogens is 320 g/mol. The largest absolute Gasteiger partial charge is 0.411 e. The molecule has 0 spiro atoms. The molecule has 142 valence electrons. The van der Waals surface area contributed by atoms with Crippen LogP contribution in [0.2, 0.25) is 18.1 Å². The van der Waals surface area contributed by atoms with Crippen LogP contribution in [-0.2, 0) is 13.9 Å². The van der Waals surface area contributed by atoms with E-state index in [1.54, 1.807) is 19.3 Å². The van der Waals surface area contributed by atoms with Crippen LogP contribution in [-0.4, -0.2) is 45.6 Å². The second-order valence-electron chi connectivity index (χ2n) is 7.71. The molecule has 0 bridgehead atoms. The van der Waals surface area contributed by atoms with Crippen LogP contribution < -0.4 is 0 Å². The lowest BCUT2D eigenvalue weighted by molar-refractivity contribution is -0.0832. The summed E-state index contributed by atoms with van der Waals surface area (Å²) in [5.74, 6) is 0. The standard InChI is InChI=1S/C19H38O4Si/c1-9-11-12-16(23-24(7,8)19(3,4)5)13-14-17(20)18(10-2)22-15-21-6/h10,13-14,16-18,20H,2,9,11-12,15H2,1,3-8H3/b14-13-/t16-,17-,18-/m0/s1. The van der Waals surface area contributed by atoms with Gasteiger partial charge in [0.25, 0.3) is 0 Å². The molecule has 0 aliphatic carbocycles. The van der Waals surface area contributed by atoms with Gasteiger partial charge in [0.2, 0.25) is 0 Å². The monoisotopic (exact) mass is 358 g/mol. The van der Waals surface area contributed by atoms with Gasteiger partial charge in [0.05, 0.1) is 6.10 Å². The average molecular weight is 359 g/mol. The number of rotatable bonds is 12. The number of methoxy groups -OCH3 is 1. The SMILES string of the molecule is C=C[C@H](OCOC)[C@@H](O)/C=C\[C@H](CCCC)O[Si](C)(C)C(C)(C)C. The predicted molar refractivity (Wildman–Crippen MR) is 104 cm³/mol. The third kappa shape index (κ3) is 8.58. The van der Waals surface area contributed by atoms with Crippen LogP contribution in [0.1, 0.15) is 47.0 Å². The van der Waals surface area contributed by atoms with Crippen molar-refractivity contribution < 1.29 is 19.0 Å². The van der Waals surface area contributed by atoms with Gasteiger partial charge in [-0.05, 0) is 24.6 Å². The molecule has 0 aromatic heterocycles. The molecule has 0 fully saturated rings. The third-order valence-corrected chi connectivity index (χ3v) is 9.07. The zero-order valence-corrected chi connectivity index (χ0v) is 17.7. The normalized spacial score (nSPS) is 17.0. The molecule has 4 nitrogen and oxygen atoms in total. The van der Waals surface area contributed by atoms with Crippen LogP contribution in [0.5, 0.6) is 0 Å². The topological polar surface area (TPSA) is 47.9 Å². The molecule has 0 aromatic rings. The van der Waals surface area contributed by atoms with Gasteiger partial charge in [0, 0.05) is 7.11 Å². The fourth-order valence-electron chi connectivity index (χ4n) is 1.95. The van der Waals surface area contributed by atoms with Crippen LogP contribution in [0, 0.1) is 0 Å². The molecule has 24 heavy (non-hydrogen) atoms. The lowest BCUT2D eigenvalue weighted by Crippen LogP contribution is -2.43. The minimum atomic E-state index is -1.85. The molecule has 0 aliphatic rings. The number of hydrogen-bond donors (Lipinski definition) is 1. The van der Waals surface area contributed by atoms with Crippen molar-refractivity contribution in [3.63, 3.8) is 0 Å². The quantitative estimate of drug-likeness (QED) is 0.313. The third-order valence-electron chi connectivity index (χ3n) is 4.56. The minimum absolute atomic E-state index is 0.0217. The van der Waals surface area contributed by atoms with E-state index in [1.807, 2.05) is 6.08 Å². The van der Waals surface area contributed by atoms with Crippen LogP contribution >= 0.6 is 0 Å². The highest BCUT2D eigenvalue weighted by molar-refractivity contribution is 6.74. The van der Waals surface area contributed by atoms with Crippen LogP contribution in [0.15, 0.2) is 24.8 Å². The van der Waals surface area contributed by atoms with Crippen molar-refractivity contribution in [2.24, 2.45) is 0 Å². The molecular formula is C19H38O4Si. The maximum atomic E-state index is 10.3. The van der Waals surface area contributed by atoms with Gasteiger partial charge < -0.3 is 19.0 Å². The van der Waals surface area contributed by atoms with Crippen LogP contribution in [0.25, 0.3) is 0 Å². The summed E-state index contributed by atoms with van der Waals surface area (Å²) >= 11 is 0. The second kappa shape index (κ2) is 11.2. The molecule has 0 saturated heterocycles. The van der Waals surface area contributed by atoms with E-state index < -0.39 is 20.5 Å². The Morgan fingerprint density at radius 2 is 1.83 bits per heavy atom. The predicted octanol–water partition coefficient (Wildman–Crippen LogP) is 4.66. The van der Waals surface area contributed by atoms with E-state index in [-0.39, 0.29) is 17.9 Å². The molecule has 3 atom stereocenters. The highest BCUT2D eigenvalue weighted by Gasteiger charge is 2.38. The van der Waals surface area contributed by atoms with E-state index in [2.05, 4.69) is 47.4 Å². The summed E-state index contributed by atoms with van der Waals surface area (Å²) in [5.41, 5.74) is 0. The first kappa shape index (κ1) is 23.5. The Hall–Kier alpha value is -0.463. The summed E-state index contributed by atoms with van der Waals surface area (Å²) in [5, 5.41) is 10.4. The molecule has 0 rings (SSSR count). The molecule has 0 unspecified atom stereocenters. The van der Waals surface area contributed by atoms with Gasteiger partial charge in [-0.15, -0.1) is 6.58 Å². The van der Waals surface area contributed by atoms with Crippen molar-refractivity contribution in [2.75, 3.05) is 13.9 Å². The van der Waals surface area contributed by atoms with E-state index in [0.29, 0.717) is 0 Å². The summed E-state index contributed by atoms with van der Waals surface area (Å²) in [4.78, 5) is 0. The van der Waals surface area contributed by atoms with Crippen LogP contribution in [0.3, 0.4) is 0 Å². The summed E-state index contributed by atoms with van der Waals surface area (Å²) in [6, 6.07) is 0. The Kier molecular flexibility index (Phi) is 11.0. The smallest absolute Gasteiger partial charge is 0.192 e. The van der Waals surface area contributed by atoms with Crippen molar-refractivity contribution in [2.45, 2.75) is 83.4 Å². The van der Waals surface area contributed by atoms with E-state index in [4.69, 9.17) is 13.9 Å². The van der Waals surface area contributed by atoms with Gasteiger partial charge >= 0.3 is 0 Å². The van der Waals surface area contributed by atoms with Crippen molar-refractivity contribution in [3.8, 4) is 0 Å². The highest BCUT2D eigenvalue weighted by Crippen LogP contribution is 2.38. The first-order valence-corrected chi connectivity index (χ1v) is 11.8. The van der Waals surface area contributed by atoms with Gasteiger partial charge in [-0.25, -0.2) is 0 Å². The van der Waals surface area contributed by atoms with E-state index >= 15 is 0 Å². The fraction of sp³-hybridized carbons (Fsp3) is 0.789. The molecule has 0 heterocycles. The Labute approximate surface area is 150 Å². The average Bonchev–Trinajstić information content (AvgIpc) is 2.49. The molecule has 1 N–H and O–H groups in total. The van der Waals surface area contributed by atoms with Crippen molar-refractivity contribution in [1.29, 1.82) is 0 Å². The van der Waals surface area contributed by atoms with Gasteiger partial charge in [0.1, 0.15) is 19.0 Å². The Morgan fingerprint density at radius 3 is 2.29 bits per heavy atom. The van der Waals surface area contributed by atoms with Crippen molar-refractivity contribution in [3.05, 3.63) is 24.8 Å². The Bertz CT molecular complexity index is 374. The molecule has 0 amide bonds. The lowest BCUT2D eigenvalue weighted by atomic mass is 10.1. The molecule has 0 aromatic carbocycles. The molecule has 0 radical (unpaired) electrons. The second-order valence-corrected chi connectivity index (χ2v) is 12.5. The fourth-order valence-corrected chi connectivity index (χ4v) is 3.26.